The predicted octanol–water partition coefficient (Wildman–Crippen LogP) is 2.68. The van der Waals surface area contributed by atoms with Gasteiger partial charge in [-0.3, -0.25) is 9.59 Å². The van der Waals surface area contributed by atoms with Gasteiger partial charge in [-0.25, -0.2) is 0 Å². The average molecular weight is 218 g/mol. The summed E-state index contributed by atoms with van der Waals surface area (Å²) >= 11 is 0. The van der Waals surface area contributed by atoms with Gasteiger partial charge in [0.25, 0.3) is 0 Å². The lowest BCUT2D eigenvalue weighted by atomic mass is 10.1. The smallest absolute Gasteiger partial charge is 0.303 e. The van der Waals surface area contributed by atoms with E-state index in [0.29, 0.717) is 5.56 Å². The number of esters is 1. The summed E-state index contributed by atoms with van der Waals surface area (Å²) in [6, 6.07) is 6.92. The minimum atomic E-state index is -0.460. The molecule has 1 rings (SSSR count). The van der Waals surface area contributed by atoms with Gasteiger partial charge in [-0.15, -0.1) is 0 Å². The molecular formula is C13H14O3. The standard InChI is InChI=1S/C13H14O3/c1-4-13(16-10(3)15)12-7-5-11(6-8-12)9(2)14/h4-8,13H,1H2,2-3H3/t13-/m0/s1. The molecule has 0 aliphatic carbocycles. The highest BCUT2D eigenvalue weighted by molar-refractivity contribution is 5.94. The number of hydrogen-bond donors (Lipinski definition) is 0. The summed E-state index contributed by atoms with van der Waals surface area (Å²) in [5.74, 6) is -0.352. The van der Waals surface area contributed by atoms with Gasteiger partial charge in [0.15, 0.2) is 5.78 Å². The molecule has 0 bridgehead atoms. The quantitative estimate of drug-likeness (QED) is 0.443. The molecular weight excluding hydrogens is 204 g/mol. The van der Waals surface area contributed by atoms with Crippen molar-refractivity contribution in [2.24, 2.45) is 0 Å². The van der Waals surface area contributed by atoms with Gasteiger partial charge in [0.05, 0.1) is 0 Å². The van der Waals surface area contributed by atoms with E-state index in [4.69, 9.17) is 4.74 Å². The lowest BCUT2D eigenvalue weighted by Gasteiger charge is -2.13. The summed E-state index contributed by atoms with van der Waals surface area (Å²) in [6.45, 7) is 6.46. The second-order valence-corrected chi connectivity index (χ2v) is 3.44. The van der Waals surface area contributed by atoms with Crippen molar-refractivity contribution in [2.45, 2.75) is 20.0 Å². The fourth-order valence-corrected chi connectivity index (χ4v) is 1.34. The van der Waals surface area contributed by atoms with E-state index in [1.165, 1.54) is 13.8 Å². The Morgan fingerprint density at radius 2 is 1.81 bits per heavy atom. The van der Waals surface area contributed by atoms with Crippen LogP contribution in [0.15, 0.2) is 36.9 Å². The Kier molecular flexibility index (Phi) is 4.00. The first-order valence-electron chi connectivity index (χ1n) is 4.95. The first-order valence-corrected chi connectivity index (χ1v) is 4.95. The number of carbonyl (C=O) groups is 2. The van der Waals surface area contributed by atoms with Crippen molar-refractivity contribution in [1.82, 2.24) is 0 Å². The molecule has 1 aromatic carbocycles. The van der Waals surface area contributed by atoms with Crippen molar-refractivity contribution < 1.29 is 14.3 Å². The molecule has 3 nitrogen and oxygen atoms in total. The van der Waals surface area contributed by atoms with E-state index in [9.17, 15) is 9.59 Å². The highest BCUT2D eigenvalue weighted by Gasteiger charge is 2.10. The molecule has 0 saturated heterocycles. The fourth-order valence-electron chi connectivity index (χ4n) is 1.34. The Balaban J connectivity index is 2.90. The molecule has 1 atom stereocenters. The predicted molar refractivity (Wildman–Crippen MR) is 61.2 cm³/mol. The first kappa shape index (κ1) is 12.2. The van der Waals surface area contributed by atoms with Gasteiger partial charge in [0.1, 0.15) is 6.10 Å². The summed E-state index contributed by atoms with van der Waals surface area (Å²) < 4.78 is 5.04. The van der Waals surface area contributed by atoms with E-state index in [-0.39, 0.29) is 11.8 Å². The third-order valence-corrected chi connectivity index (χ3v) is 2.15. The van der Waals surface area contributed by atoms with Crippen molar-refractivity contribution in [1.29, 1.82) is 0 Å². The number of rotatable bonds is 4. The topological polar surface area (TPSA) is 43.4 Å². The van der Waals surface area contributed by atoms with Crippen LogP contribution in [-0.2, 0) is 9.53 Å². The molecule has 0 aliphatic rings. The zero-order chi connectivity index (χ0) is 12.1. The lowest BCUT2D eigenvalue weighted by Crippen LogP contribution is -2.06. The highest BCUT2D eigenvalue weighted by atomic mass is 16.5. The van der Waals surface area contributed by atoms with Gasteiger partial charge in [-0.1, -0.05) is 30.8 Å². The molecule has 3 heteroatoms. The number of ether oxygens (including phenoxy) is 1. The SMILES string of the molecule is C=C[C@H](OC(C)=O)c1ccc(C(C)=O)cc1. The summed E-state index contributed by atoms with van der Waals surface area (Å²) in [5, 5.41) is 0. The van der Waals surface area contributed by atoms with E-state index in [1.54, 1.807) is 30.3 Å². The number of benzene rings is 1. The Bertz CT molecular complexity index is 404. The number of ketones is 1. The summed E-state index contributed by atoms with van der Waals surface area (Å²) in [5.41, 5.74) is 1.43. The van der Waals surface area contributed by atoms with Crippen LogP contribution in [0.5, 0.6) is 0 Å². The molecule has 0 saturated carbocycles. The lowest BCUT2D eigenvalue weighted by molar-refractivity contribution is -0.144. The Hall–Kier alpha value is -1.90. The van der Waals surface area contributed by atoms with Crippen LogP contribution in [0.3, 0.4) is 0 Å². The van der Waals surface area contributed by atoms with E-state index in [1.807, 2.05) is 0 Å². The van der Waals surface area contributed by atoms with Crippen molar-refractivity contribution in [2.75, 3.05) is 0 Å². The second kappa shape index (κ2) is 5.26. The van der Waals surface area contributed by atoms with Gasteiger partial charge in [-0.2, -0.15) is 0 Å². The molecule has 0 aromatic heterocycles. The number of hydrogen-bond acceptors (Lipinski definition) is 3. The molecule has 0 radical (unpaired) electrons. The van der Waals surface area contributed by atoms with Crippen LogP contribution >= 0.6 is 0 Å². The van der Waals surface area contributed by atoms with Gasteiger partial charge in [0.2, 0.25) is 0 Å². The van der Waals surface area contributed by atoms with Crippen molar-refractivity contribution in [3.63, 3.8) is 0 Å². The van der Waals surface area contributed by atoms with E-state index in [0.717, 1.165) is 5.56 Å². The van der Waals surface area contributed by atoms with Gasteiger partial charge >= 0.3 is 5.97 Å². The van der Waals surface area contributed by atoms with E-state index < -0.39 is 6.10 Å². The van der Waals surface area contributed by atoms with Crippen LogP contribution < -0.4 is 0 Å². The van der Waals surface area contributed by atoms with Crippen molar-refractivity contribution >= 4 is 11.8 Å². The highest BCUT2D eigenvalue weighted by Crippen LogP contribution is 2.19. The first-order chi connectivity index (χ1) is 7.54. The normalized spacial score (nSPS) is 11.6. The van der Waals surface area contributed by atoms with Crippen LogP contribution in [0.2, 0.25) is 0 Å². The van der Waals surface area contributed by atoms with Gasteiger partial charge < -0.3 is 4.74 Å². The minimum Gasteiger partial charge on any atom is -0.453 e. The monoisotopic (exact) mass is 218 g/mol. The van der Waals surface area contributed by atoms with Crippen molar-refractivity contribution in [3.8, 4) is 0 Å². The van der Waals surface area contributed by atoms with Gasteiger partial charge in [0, 0.05) is 12.5 Å². The Morgan fingerprint density at radius 1 is 1.25 bits per heavy atom. The third-order valence-electron chi connectivity index (χ3n) is 2.15. The van der Waals surface area contributed by atoms with Crippen LogP contribution in [-0.4, -0.2) is 11.8 Å². The number of carbonyl (C=O) groups excluding carboxylic acids is 2. The van der Waals surface area contributed by atoms with Gasteiger partial charge in [-0.05, 0) is 18.6 Å². The minimum absolute atomic E-state index is 0.00851. The molecule has 0 N–H and O–H groups in total. The maximum Gasteiger partial charge on any atom is 0.303 e. The average Bonchev–Trinajstić information content (AvgIpc) is 2.25. The molecule has 16 heavy (non-hydrogen) atoms. The second-order valence-electron chi connectivity index (χ2n) is 3.44. The zero-order valence-corrected chi connectivity index (χ0v) is 9.40. The summed E-state index contributed by atoms with van der Waals surface area (Å²) in [4.78, 5) is 21.9. The van der Waals surface area contributed by atoms with Crippen LogP contribution in [0.25, 0.3) is 0 Å². The van der Waals surface area contributed by atoms with Crippen LogP contribution in [0.1, 0.15) is 35.9 Å². The van der Waals surface area contributed by atoms with Crippen molar-refractivity contribution in [3.05, 3.63) is 48.0 Å². The molecule has 0 heterocycles. The Morgan fingerprint density at radius 3 is 2.19 bits per heavy atom. The summed E-state index contributed by atoms with van der Waals surface area (Å²) in [6.07, 6.45) is 1.09. The largest absolute Gasteiger partial charge is 0.453 e. The van der Waals surface area contributed by atoms with Crippen LogP contribution in [0, 0.1) is 0 Å². The fraction of sp³-hybridized carbons (Fsp3) is 0.231. The molecule has 84 valence electrons. The zero-order valence-electron chi connectivity index (χ0n) is 9.40. The molecule has 0 aliphatic heterocycles. The number of Topliss-reactive ketones (excluding diaryl/α,β-unsaturated/α-hetero) is 1. The molecule has 0 unspecified atom stereocenters. The maximum absolute atomic E-state index is 11.1. The molecule has 1 aromatic rings. The maximum atomic E-state index is 11.1. The summed E-state index contributed by atoms with van der Waals surface area (Å²) in [7, 11) is 0. The Labute approximate surface area is 94.7 Å². The third kappa shape index (κ3) is 3.05. The molecule has 0 amide bonds. The van der Waals surface area contributed by atoms with Crippen LogP contribution in [0.4, 0.5) is 0 Å². The van der Waals surface area contributed by atoms with E-state index in [2.05, 4.69) is 6.58 Å². The molecule has 0 spiro atoms. The van der Waals surface area contributed by atoms with E-state index >= 15 is 0 Å². The molecule has 0 fully saturated rings.